The van der Waals surface area contributed by atoms with Crippen molar-refractivity contribution in [2.24, 2.45) is 4.36 Å². The average molecular weight is 380 g/mol. The molecule has 2 aromatic rings. The maximum atomic E-state index is 4.52. The van der Waals surface area contributed by atoms with Crippen LogP contribution in [0.3, 0.4) is 0 Å². The van der Waals surface area contributed by atoms with Crippen molar-refractivity contribution in [2.45, 2.75) is 23.8 Å². The molecule has 22 heavy (non-hydrogen) atoms. The number of nitrogens with one attached hydrogen (secondary N) is 2. The Morgan fingerprint density at radius 1 is 1.27 bits per heavy atom. The number of aromatic nitrogens is 2. The number of hydrogen-bond acceptors (Lipinski definition) is 5. The van der Waals surface area contributed by atoms with Gasteiger partial charge in [0, 0.05) is 29.9 Å². The molecule has 1 aromatic heterocycles. The zero-order valence-corrected chi connectivity index (χ0v) is 14.9. The molecule has 0 aliphatic heterocycles. The van der Waals surface area contributed by atoms with Crippen LogP contribution in [0.25, 0.3) is 0 Å². The van der Waals surface area contributed by atoms with Crippen molar-refractivity contribution in [3.63, 3.8) is 0 Å². The van der Waals surface area contributed by atoms with E-state index < -0.39 is 0 Å². The first-order valence-corrected chi connectivity index (χ1v) is 9.46. The van der Waals surface area contributed by atoms with Crippen LogP contribution >= 0.6 is 15.9 Å². The number of anilines is 3. The van der Waals surface area contributed by atoms with Crippen LogP contribution in [0.4, 0.5) is 17.5 Å². The Morgan fingerprint density at radius 3 is 2.64 bits per heavy atom. The Bertz CT molecular complexity index is 698. The third-order valence-electron chi connectivity index (χ3n) is 3.39. The predicted molar refractivity (Wildman–Crippen MR) is 96.0 cm³/mol. The summed E-state index contributed by atoms with van der Waals surface area (Å²) in [5, 5.41) is 6.63. The van der Waals surface area contributed by atoms with E-state index in [0.29, 0.717) is 12.0 Å². The lowest BCUT2D eigenvalue weighted by molar-refractivity contribution is 1.07. The number of halogens is 1. The van der Waals surface area contributed by atoms with E-state index in [2.05, 4.69) is 59.3 Å². The van der Waals surface area contributed by atoms with E-state index in [4.69, 9.17) is 0 Å². The highest BCUT2D eigenvalue weighted by Crippen LogP contribution is 2.28. The molecule has 1 aliphatic rings. The van der Waals surface area contributed by atoms with Gasteiger partial charge in [0.05, 0.1) is 4.47 Å². The van der Waals surface area contributed by atoms with Crippen molar-refractivity contribution in [3.05, 3.63) is 34.9 Å². The highest BCUT2D eigenvalue weighted by atomic mass is 79.9. The summed E-state index contributed by atoms with van der Waals surface area (Å²) < 4.78 is 5.19. The summed E-state index contributed by atoms with van der Waals surface area (Å²) in [6.45, 7) is 0. The van der Waals surface area contributed by atoms with E-state index in [1.54, 1.807) is 6.20 Å². The smallest absolute Gasteiger partial charge is 0.229 e. The molecule has 2 N–H and O–H groups in total. The summed E-state index contributed by atoms with van der Waals surface area (Å²) in [4.78, 5) is 10.1. The highest BCUT2D eigenvalue weighted by molar-refractivity contribution is 9.10. The van der Waals surface area contributed by atoms with E-state index >= 15 is 0 Å². The van der Waals surface area contributed by atoms with Gasteiger partial charge in [-0.15, -0.1) is 0 Å². The fourth-order valence-electron chi connectivity index (χ4n) is 1.92. The second kappa shape index (κ2) is 6.75. The number of rotatable bonds is 5. The molecule has 0 saturated heterocycles. The first-order chi connectivity index (χ1) is 10.7. The normalized spacial score (nSPS) is 15.6. The van der Waals surface area contributed by atoms with Gasteiger partial charge in [0.25, 0.3) is 0 Å². The lowest BCUT2D eigenvalue weighted by atomic mass is 10.3. The Balaban J connectivity index is 1.74. The molecule has 1 atom stereocenters. The zero-order valence-electron chi connectivity index (χ0n) is 12.5. The molecular formula is C15H18BrN5S. The molecule has 1 aromatic carbocycles. The van der Waals surface area contributed by atoms with Crippen molar-refractivity contribution in [1.29, 1.82) is 0 Å². The van der Waals surface area contributed by atoms with Gasteiger partial charge in [-0.3, -0.25) is 4.36 Å². The highest BCUT2D eigenvalue weighted by Gasteiger charge is 2.22. The van der Waals surface area contributed by atoms with Crippen molar-refractivity contribution >= 4 is 44.1 Å². The molecule has 5 nitrogen and oxygen atoms in total. The lowest BCUT2D eigenvalue weighted by Crippen LogP contribution is -2.06. The van der Waals surface area contributed by atoms with Gasteiger partial charge in [-0.1, -0.05) is 10.7 Å². The second-order valence-electron chi connectivity index (χ2n) is 5.12. The van der Waals surface area contributed by atoms with Crippen LogP contribution in [-0.4, -0.2) is 29.3 Å². The first-order valence-electron chi connectivity index (χ1n) is 7.08. The zero-order chi connectivity index (χ0) is 15.5. The Kier molecular flexibility index (Phi) is 4.73. The number of hydrogen-bond donors (Lipinski definition) is 2. The summed E-state index contributed by atoms with van der Waals surface area (Å²) in [6, 6.07) is 8.78. The van der Waals surface area contributed by atoms with Gasteiger partial charge in [-0.2, -0.15) is 4.98 Å². The summed E-state index contributed by atoms with van der Waals surface area (Å²) in [7, 11) is 1.79. The van der Waals surface area contributed by atoms with E-state index in [0.717, 1.165) is 16.0 Å². The average Bonchev–Trinajstić information content (AvgIpc) is 3.35. The largest absolute Gasteiger partial charge is 0.366 e. The maximum absolute atomic E-state index is 4.52. The SMILES string of the molecule is CN=S(C)c1ccc(Nc2ncc(Br)c(NC3CC3)n2)cc1. The van der Waals surface area contributed by atoms with Crippen LogP contribution in [-0.2, 0) is 10.7 Å². The Hall–Kier alpha value is -1.47. The second-order valence-corrected chi connectivity index (χ2v) is 7.77. The third-order valence-corrected chi connectivity index (χ3v) is 5.47. The molecule has 1 saturated carbocycles. The molecular weight excluding hydrogens is 362 g/mol. The van der Waals surface area contributed by atoms with Crippen molar-refractivity contribution in [2.75, 3.05) is 23.9 Å². The van der Waals surface area contributed by atoms with Crippen LogP contribution in [0.5, 0.6) is 0 Å². The Labute approximate surface area is 141 Å². The molecule has 1 fully saturated rings. The standard InChI is InChI=1S/C15H18BrN5S/c1-17-22(2)12-7-5-11(6-8-12)20-15-18-9-13(16)14(21-15)19-10-3-4-10/h5-10H,3-4H2,1-2H3,(H2,18,19,20,21). The van der Waals surface area contributed by atoms with E-state index in [1.807, 2.05) is 19.2 Å². The minimum absolute atomic E-state index is 0.0519. The minimum atomic E-state index is -0.0519. The monoisotopic (exact) mass is 379 g/mol. The van der Waals surface area contributed by atoms with E-state index in [1.165, 1.54) is 17.7 Å². The fourth-order valence-corrected chi connectivity index (χ4v) is 2.97. The summed E-state index contributed by atoms with van der Waals surface area (Å²) in [5.74, 6) is 1.44. The quantitative estimate of drug-likeness (QED) is 0.824. The van der Waals surface area contributed by atoms with E-state index in [9.17, 15) is 0 Å². The van der Waals surface area contributed by atoms with Gasteiger partial charge >= 0.3 is 0 Å². The van der Waals surface area contributed by atoms with Crippen LogP contribution in [0.15, 0.2) is 44.2 Å². The molecule has 0 spiro atoms. The topological polar surface area (TPSA) is 62.2 Å². The summed E-state index contributed by atoms with van der Waals surface area (Å²) >= 11 is 3.48. The van der Waals surface area contributed by atoms with Crippen molar-refractivity contribution in [1.82, 2.24) is 9.97 Å². The Morgan fingerprint density at radius 2 is 2.00 bits per heavy atom. The van der Waals surface area contributed by atoms with Crippen LogP contribution in [0.1, 0.15) is 12.8 Å². The van der Waals surface area contributed by atoms with Crippen molar-refractivity contribution < 1.29 is 0 Å². The molecule has 3 rings (SSSR count). The van der Waals surface area contributed by atoms with Crippen LogP contribution in [0.2, 0.25) is 0 Å². The molecule has 0 bridgehead atoms. The molecule has 1 aliphatic carbocycles. The summed E-state index contributed by atoms with van der Waals surface area (Å²) in [6.07, 6.45) is 6.30. The van der Waals surface area contributed by atoms with Gasteiger partial charge in [0.1, 0.15) is 5.82 Å². The van der Waals surface area contributed by atoms with Crippen LogP contribution < -0.4 is 10.6 Å². The van der Waals surface area contributed by atoms with Gasteiger partial charge in [0.15, 0.2) is 0 Å². The number of benzene rings is 1. The molecule has 1 unspecified atom stereocenters. The minimum Gasteiger partial charge on any atom is -0.366 e. The molecule has 1 heterocycles. The van der Waals surface area contributed by atoms with Gasteiger partial charge < -0.3 is 10.6 Å². The van der Waals surface area contributed by atoms with Crippen molar-refractivity contribution in [3.8, 4) is 0 Å². The first kappa shape index (κ1) is 15.4. The molecule has 116 valence electrons. The molecule has 0 radical (unpaired) electrons. The molecule has 0 amide bonds. The fraction of sp³-hybridized carbons (Fsp3) is 0.333. The van der Waals surface area contributed by atoms with Crippen LogP contribution in [0, 0.1) is 0 Å². The van der Waals surface area contributed by atoms with Gasteiger partial charge in [0.2, 0.25) is 5.95 Å². The number of nitrogens with zero attached hydrogens (tertiary/aromatic N) is 3. The summed E-state index contributed by atoms with van der Waals surface area (Å²) in [5.41, 5.74) is 0.969. The lowest BCUT2D eigenvalue weighted by Gasteiger charge is -2.10. The third kappa shape index (κ3) is 3.84. The maximum Gasteiger partial charge on any atom is 0.229 e. The van der Waals surface area contributed by atoms with Gasteiger partial charge in [-0.25, -0.2) is 4.98 Å². The predicted octanol–water partition coefficient (Wildman–Crippen LogP) is 3.98. The van der Waals surface area contributed by atoms with E-state index in [-0.39, 0.29) is 10.7 Å². The van der Waals surface area contributed by atoms with Gasteiger partial charge in [-0.05, 0) is 59.3 Å². The molecule has 7 heteroatoms.